The van der Waals surface area contributed by atoms with Gasteiger partial charge in [-0.2, -0.15) is 0 Å². The molecule has 0 aliphatic carbocycles. The molecule has 0 radical (unpaired) electrons. The molecule has 1 aliphatic heterocycles. The maximum absolute atomic E-state index is 5.96. The molecular formula is C13H21BrN2O. The minimum Gasteiger partial charge on any atom is -0.466 e. The minimum absolute atomic E-state index is 0.213. The van der Waals surface area contributed by atoms with E-state index in [2.05, 4.69) is 27.8 Å². The molecular weight excluding hydrogens is 280 g/mol. The third-order valence-electron chi connectivity index (χ3n) is 3.71. The number of nitrogens with two attached hydrogens (primary N) is 1. The normalized spacial score (nSPS) is 23.8. The number of halogens is 1. The molecule has 4 heteroatoms. The summed E-state index contributed by atoms with van der Waals surface area (Å²) in [4.78, 5) is 2.52. The van der Waals surface area contributed by atoms with Crippen molar-refractivity contribution in [2.75, 3.05) is 13.1 Å². The predicted octanol–water partition coefficient (Wildman–Crippen LogP) is 3.31. The molecule has 1 aromatic rings. The van der Waals surface area contributed by atoms with Gasteiger partial charge < -0.3 is 10.2 Å². The van der Waals surface area contributed by atoms with Gasteiger partial charge in [-0.3, -0.25) is 4.90 Å². The van der Waals surface area contributed by atoms with Crippen LogP contribution in [-0.2, 0) is 0 Å². The Hall–Kier alpha value is -0.320. The lowest BCUT2D eigenvalue weighted by atomic mass is 9.97. The summed E-state index contributed by atoms with van der Waals surface area (Å²) in [6.07, 6.45) is 6.81. The van der Waals surface area contributed by atoms with Crippen LogP contribution in [0.15, 0.2) is 21.2 Å². The Kier molecular flexibility index (Phi) is 4.65. The van der Waals surface area contributed by atoms with Crippen LogP contribution in [0.5, 0.6) is 0 Å². The molecule has 0 bridgehead atoms. The molecule has 1 fully saturated rings. The van der Waals surface area contributed by atoms with Gasteiger partial charge in [0.1, 0.15) is 5.76 Å². The van der Waals surface area contributed by atoms with Crippen molar-refractivity contribution in [3.63, 3.8) is 0 Å². The van der Waals surface area contributed by atoms with Gasteiger partial charge in [-0.25, -0.2) is 0 Å². The van der Waals surface area contributed by atoms with Gasteiger partial charge in [-0.05, 0) is 47.8 Å². The predicted molar refractivity (Wildman–Crippen MR) is 72.8 cm³/mol. The highest BCUT2D eigenvalue weighted by molar-refractivity contribution is 9.10. The summed E-state index contributed by atoms with van der Waals surface area (Å²) in [6.45, 7) is 4.00. The van der Waals surface area contributed by atoms with E-state index in [1.165, 1.54) is 25.7 Å². The van der Waals surface area contributed by atoms with Gasteiger partial charge in [0.25, 0.3) is 0 Å². The van der Waals surface area contributed by atoms with Gasteiger partial charge in [-0.15, -0.1) is 0 Å². The minimum atomic E-state index is 0.213. The molecule has 1 saturated heterocycles. The first-order chi connectivity index (χ1) is 8.27. The molecule has 0 spiro atoms. The smallest absolute Gasteiger partial charge is 0.136 e. The number of hydrogen-bond acceptors (Lipinski definition) is 3. The number of rotatable bonds is 4. The lowest BCUT2D eigenvalue weighted by molar-refractivity contribution is 0.0828. The van der Waals surface area contributed by atoms with Gasteiger partial charge in [-0.1, -0.05) is 13.3 Å². The van der Waals surface area contributed by atoms with Crippen LogP contribution in [0, 0.1) is 0 Å². The summed E-state index contributed by atoms with van der Waals surface area (Å²) >= 11 is 3.54. The first-order valence-corrected chi connectivity index (χ1v) is 7.26. The Bertz CT molecular complexity index is 353. The molecule has 3 nitrogen and oxygen atoms in total. The van der Waals surface area contributed by atoms with E-state index in [-0.39, 0.29) is 6.04 Å². The van der Waals surface area contributed by atoms with Crippen LogP contribution in [0.4, 0.5) is 0 Å². The molecule has 2 unspecified atom stereocenters. The fraction of sp³-hybridized carbons (Fsp3) is 0.692. The number of nitrogens with zero attached hydrogens (tertiary/aromatic N) is 1. The monoisotopic (exact) mass is 300 g/mol. The van der Waals surface area contributed by atoms with Crippen molar-refractivity contribution < 1.29 is 4.42 Å². The van der Waals surface area contributed by atoms with Gasteiger partial charge in [0, 0.05) is 12.6 Å². The average molecular weight is 301 g/mol. The molecule has 96 valence electrons. The van der Waals surface area contributed by atoms with Gasteiger partial charge in [0.15, 0.2) is 0 Å². The molecule has 2 rings (SSSR count). The molecule has 17 heavy (non-hydrogen) atoms. The maximum atomic E-state index is 5.96. The Labute approximate surface area is 111 Å². The van der Waals surface area contributed by atoms with Gasteiger partial charge in [0.2, 0.25) is 0 Å². The molecule has 2 atom stereocenters. The quantitative estimate of drug-likeness (QED) is 0.928. The summed E-state index contributed by atoms with van der Waals surface area (Å²) in [7, 11) is 0. The fourth-order valence-corrected chi connectivity index (χ4v) is 3.27. The zero-order chi connectivity index (χ0) is 12.3. The van der Waals surface area contributed by atoms with E-state index in [0.717, 1.165) is 16.8 Å². The van der Waals surface area contributed by atoms with Crippen LogP contribution < -0.4 is 5.73 Å². The Morgan fingerprint density at radius 3 is 3.00 bits per heavy atom. The second-order valence-electron chi connectivity index (χ2n) is 4.68. The first kappa shape index (κ1) is 13.1. The van der Waals surface area contributed by atoms with Crippen LogP contribution in [0.3, 0.4) is 0 Å². The van der Waals surface area contributed by atoms with E-state index in [4.69, 9.17) is 10.2 Å². The van der Waals surface area contributed by atoms with Crippen LogP contribution in [-0.4, -0.2) is 24.0 Å². The average Bonchev–Trinajstić information content (AvgIpc) is 2.78. The Balaban J connectivity index is 2.19. The second-order valence-corrected chi connectivity index (χ2v) is 5.53. The first-order valence-electron chi connectivity index (χ1n) is 6.46. The number of likely N-dealkylation sites (tertiary alicyclic amines) is 1. The number of furan rings is 1. The third kappa shape index (κ3) is 2.75. The van der Waals surface area contributed by atoms with Crippen LogP contribution in [0.2, 0.25) is 0 Å². The SMILES string of the molecule is CCC1CCCCN1C(CN)c1occc1Br. The Morgan fingerprint density at radius 2 is 2.41 bits per heavy atom. The van der Waals surface area contributed by atoms with Crippen molar-refractivity contribution in [3.05, 3.63) is 22.6 Å². The fourth-order valence-electron chi connectivity index (χ4n) is 2.81. The van der Waals surface area contributed by atoms with E-state index in [9.17, 15) is 0 Å². The van der Waals surface area contributed by atoms with E-state index in [1.54, 1.807) is 6.26 Å². The zero-order valence-electron chi connectivity index (χ0n) is 10.4. The summed E-state index contributed by atoms with van der Waals surface area (Å²) < 4.78 is 6.63. The van der Waals surface area contributed by atoms with Gasteiger partial charge in [0.05, 0.1) is 16.8 Å². The molecule has 1 aromatic heterocycles. The van der Waals surface area contributed by atoms with E-state index >= 15 is 0 Å². The lowest BCUT2D eigenvalue weighted by Gasteiger charge is -2.39. The third-order valence-corrected chi connectivity index (χ3v) is 4.37. The van der Waals surface area contributed by atoms with Crippen molar-refractivity contribution in [1.82, 2.24) is 4.90 Å². The molecule has 0 amide bonds. The van der Waals surface area contributed by atoms with Crippen LogP contribution >= 0.6 is 15.9 Å². The van der Waals surface area contributed by atoms with Crippen LogP contribution in [0.1, 0.15) is 44.4 Å². The van der Waals surface area contributed by atoms with Crippen molar-refractivity contribution in [1.29, 1.82) is 0 Å². The summed E-state index contributed by atoms with van der Waals surface area (Å²) in [5.74, 6) is 0.979. The summed E-state index contributed by atoms with van der Waals surface area (Å²) in [5.41, 5.74) is 5.96. The number of hydrogen-bond donors (Lipinski definition) is 1. The van der Waals surface area contributed by atoms with E-state index < -0.39 is 0 Å². The van der Waals surface area contributed by atoms with E-state index in [0.29, 0.717) is 12.6 Å². The van der Waals surface area contributed by atoms with Crippen molar-refractivity contribution in [3.8, 4) is 0 Å². The van der Waals surface area contributed by atoms with Crippen molar-refractivity contribution in [2.45, 2.75) is 44.7 Å². The number of piperidine rings is 1. The highest BCUT2D eigenvalue weighted by Crippen LogP contribution is 2.33. The topological polar surface area (TPSA) is 42.4 Å². The summed E-state index contributed by atoms with van der Waals surface area (Å²) in [6, 6.07) is 2.81. The molecule has 2 heterocycles. The zero-order valence-corrected chi connectivity index (χ0v) is 11.9. The second kappa shape index (κ2) is 6.03. The largest absolute Gasteiger partial charge is 0.466 e. The van der Waals surface area contributed by atoms with E-state index in [1.807, 2.05) is 6.07 Å². The Morgan fingerprint density at radius 1 is 1.59 bits per heavy atom. The maximum Gasteiger partial charge on any atom is 0.136 e. The van der Waals surface area contributed by atoms with Gasteiger partial charge >= 0.3 is 0 Å². The lowest BCUT2D eigenvalue weighted by Crippen LogP contribution is -2.44. The summed E-state index contributed by atoms with van der Waals surface area (Å²) in [5, 5.41) is 0. The molecule has 1 aliphatic rings. The molecule has 2 N–H and O–H groups in total. The highest BCUT2D eigenvalue weighted by Gasteiger charge is 2.30. The highest BCUT2D eigenvalue weighted by atomic mass is 79.9. The molecule has 0 aromatic carbocycles. The standard InChI is InChI=1S/C13H21BrN2O/c1-2-10-5-3-4-7-16(10)12(9-15)13-11(14)6-8-17-13/h6,8,10,12H,2-5,7,9,15H2,1H3. The van der Waals surface area contributed by atoms with Crippen molar-refractivity contribution >= 4 is 15.9 Å². The molecule has 0 saturated carbocycles. The van der Waals surface area contributed by atoms with Crippen molar-refractivity contribution in [2.24, 2.45) is 5.73 Å². The van der Waals surface area contributed by atoms with Crippen LogP contribution in [0.25, 0.3) is 0 Å².